The van der Waals surface area contributed by atoms with Gasteiger partial charge in [0.05, 0.1) is 11.6 Å². The van der Waals surface area contributed by atoms with Gasteiger partial charge in [0.25, 0.3) is 0 Å². The average Bonchev–Trinajstić information content (AvgIpc) is 2.45. The Morgan fingerprint density at radius 3 is 2.68 bits per heavy atom. The van der Waals surface area contributed by atoms with Crippen LogP contribution < -0.4 is 5.73 Å². The summed E-state index contributed by atoms with van der Waals surface area (Å²) in [6, 6.07) is 16.0. The van der Waals surface area contributed by atoms with E-state index in [0.29, 0.717) is 16.8 Å². The maximum Gasteiger partial charge on any atom is 0.187 e. The van der Waals surface area contributed by atoms with E-state index >= 15 is 0 Å². The molecular weight excluding hydrogens is 236 g/mol. The molecule has 0 fully saturated rings. The van der Waals surface area contributed by atoms with Gasteiger partial charge in [-0.25, -0.2) is 0 Å². The Labute approximate surface area is 111 Å². The summed E-state index contributed by atoms with van der Waals surface area (Å²) >= 11 is 0. The summed E-state index contributed by atoms with van der Waals surface area (Å²) in [6.45, 7) is 0. The van der Waals surface area contributed by atoms with E-state index in [-0.39, 0.29) is 5.78 Å². The highest BCUT2D eigenvalue weighted by Gasteiger charge is 2.04. The lowest BCUT2D eigenvalue weighted by molar-refractivity contribution is 0.104. The number of ketones is 1. The fourth-order valence-electron chi connectivity index (χ4n) is 1.69. The van der Waals surface area contributed by atoms with Gasteiger partial charge in [-0.15, -0.1) is 0 Å². The number of benzene rings is 2. The van der Waals surface area contributed by atoms with Crippen LogP contribution in [-0.2, 0) is 0 Å². The number of carbonyl (C=O) groups excluding carboxylic acids is 1. The third kappa shape index (κ3) is 3.08. The first kappa shape index (κ1) is 12.6. The van der Waals surface area contributed by atoms with Crippen LogP contribution in [0.4, 0.5) is 5.69 Å². The second kappa shape index (κ2) is 5.65. The highest BCUT2D eigenvalue weighted by molar-refractivity contribution is 6.10. The number of anilines is 1. The molecule has 2 aromatic rings. The second-order valence-corrected chi connectivity index (χ2v) is 4.02. The number of allylic oxidation sites excluding steroid dienone is 1. The van der Waals surface area contributed by atoms with Gasteiger partial charge in [0.1, 0.15) is 0 Å². The lowest BCUT2D eigenvalue weighted by Crippen LogP contribution is -1.99. The molecule has 0 unspecified atom stereocenters. The largest absolute Gasteiger partial charge is 0.398 e. The van der Waals surface area contributed by atoms with Crippen LogP contribution in [0, 0.1) is 11.3 Å². The van der Waals surface area contributed by atoms with Crippen molar-refractivity contribution in [2.45, 2.75) is 0 Å². The SMILES string of the molecule is N#Cc1cccc(/C=C/C(=O)c2ccccc2N)c1. The van der Waals surface area contributed by atoms with E-state index in [1.54, 1.807) is 48.5 Å². The third-order valence-electron chi connectivity index (χ3n) is 2.67. The Morgan fingerprint density at radius 1 is 1.16 bits per heavy atom. The minimum Gasteiger partial charge on any atom is -0.398 e. The Hall–Kier alpha value is -2.86. The molecule has 3 heteroatoms. The van der Waals surface area contributed by atoms with E-state index in [4.69, 9.17) is 11.0 Å². The van der Waals surface area contributed by atoms with Crippen LogP contribution in [0.5, 0.6) is 0 Å². The van der Waals surface area contributed by atoms with Crippen molar-refractivity contribution in [2.75, 3.05) is 5.73 Å². The van der Waals surface area contributed by atoms with E-state index in [2.05, 4.69) is 6.07 Å². The van der Waals surface area contributed by atoms with Gasteiger partial charge in [0.2, 0.25) is 0 Å². The van der Waals surface area contributed by atoms with Crippen molar-refractivity contribution in [2.24, 2.45) is 0 Å². The quantitative estimate of drug-likeness (QED) is 0.515. The number of nitriles is 1. The minimum absolute atomic E-state index is 0.152. The molecule has 0 spiro atoms. The molecule has 0 atom stereocenters. The smallest absolute Gasteiger partial charge is 0.187 e. The number of carbonyl (C=O) groups is 1. The molecule has 0 saturated heterocycles. The van der Waals surface area contributed by atoms with Crippen molar-refractivity contribution in [3.8, 4) is 6.07 Å². The van der Waals surface area contributed by atoms with Crippen molar-refractivity contribution in [3.05, 3.63) is 71.3 Å². The standard InChI is InChI=1S/C16H12N2O/c17-11-13-5-3-4-12(10-13)8-9-16(19)14-6-1-2-7-15(14)18/h1-10H,18H2/b9-8+. The van der Waals surface area contributed by atoms with Gasteiger partial charge in [0, 0.05) is 11.3 Å². The molecule has 0 saturated carbocycles. The zero-order valence-electron chi connectivity index (χ0n) is 10.2. The number of rotatable bonds is 3. The lowest BCUT2D eigenvalue weighted by Gasteiger charge is -2.00. The molecule has 0 bridgehead atoms. The van der Waals surface area contributed by atoms with Crippen molar-refractivity contribution < 1.29 is 4.79 Å². The Bertz CT molecular complexity index is 681. The fraction of sp³-hybridized carbons (Fsp3) is 0. The van der Waals surface area contributed by atoms with E-state index in [1.807, 2.05) is 6.07 Å². The van der Waals surface area contributed by atoms with Gasteiger partial charge in [-0.05, 0) is 35.9 Å². The molecule has 0 aliphatic heterocycles. The number of hydrogen-bond donors (Lipinski definition) is 1. The van der Waals surface area contributed by atoms with Crippen LogP contribution in [0.3, 0.4) is 0 Å². The van der Waals surface area contributed by atoms with Crippen molar-refractivity contribution in [1.82, 2.24) is 0 Å². The van der Waals surface area contributed by atoms with Crippen molar-refractivity contribution in [1.29, 1.82) is 5.26 Å². The molecule has 0 aliphatic rings. The molecule has 2 aromatic carbocycles. The van der Waals surface area contributed by atoms with E-state index in [0.717, 1.165) is 5.56 Å². The van der Waals surface area contributed by atoms with Gasteiger partial charge >= 0.3 is 0 Å². The molecule has 0 aromatic heterocycles. The molecule has 19 heavy (non-hydrogen) atoms. The summed E-state index contributed by atoms with van der Waals surface area (Å²) < 4.78 is 0. The monoisotopic (exact) mass is 248 g/mol. The van der Waals surface area contributed by atoms with E-state index < -0.39 is 0 Å². The summed E-state index contributed by atoms with van der Waals surface area (Å²) in [6.07, 6.45) is 3.14. The molecule has 3 nitrogen and oxygen atoms in total. The van der Waals surface area contributed by atoms with Crippen LogP contribution in [0.15, 0.2) is 54.6 Å². The molecule has 92 valence electrons. The highest BCUT2D eigenvalue weighted by atomic mass is 16.1. The van der Waals surface area contributed by atoms with E-state index in [1.165, 1.54) is 6.08 Å². The predicted molar refractivity (Wildman–Crippen MR) is 75.4 cm³/mol. The highest BCUT2D eigenvalue weighted by Crippen LogP contribution is 2.13. The maximum atomic E-state index is 12.0. The minimum atomic E-state index is -0.152. The predicted octanol–water partition coefficient (Wildman–Crippen LogP) is 3.04. The molecule has 0 amide bonds. The first-order valence-corrected chi connectivity index (χ1v) is 5.78. The van der Waals surface area contributed by atoms with Crippen LogP contribution in [0.1, 0.15) is 21.5 Å². The van der Waals surface area contributed by atoms with Crippen molar-refractivity contribution in [3.63, 3.8) is 0 Å². The maximum absolute atomic E-state index is 12.0. The average molecular weight is 248 g/mol. The Morgan fingerprint density at radius 2 is 1.95 bits per heavy atom. The topological polar surface area (TPSA) is 66.9 Å². The summed E-state index contributed by atoms with van der Waals surface area (Å²) in [5.41, 5.74) is 8.05. The summed E-state index contributed by atoms with van der Waals surface area (Å²) in [5, 5.41) is 8.80. The van der Waals surface area contributed by atoms with Gasteiger partial charge in [-0.1, -0.05) is 30.3 Å². The summed E-state index contributed by atoms with van der Waals surface area (Å²) in [5.74, 6) is -0.152. The molecule has 0 heterocycles. The molecular formula is C16H12N2O. The lowest BCUT2D eigenvalue weighted by atomic mass is 10.1. The Balaban J connectivity index is 2.21. The summed E-state index contributed by atoms with van der Waals surface area (Å²) in [7, 11) is 0. The zero-order chi connectivity index (χ0) is 13.7. The molecule has 0 radical (unpaired) electrons. The number of nitrogens with zero attached hydrogens (tertiary/aromatic N) is 1. The summed E-state index contributed by atoms with van der Waals surface area (Å²) in [4.78, 5) is 12.0. The van der Waals surface area contributed by atoms with Gasteiger partial charge in [-0.2, -0.15) is 5.26 Å². The van der Waals surface area contributed by atoms with Crippen LogP contribution in [0.25, 0.3) is 6.08 Å². The van der Waals surface area contributed by atoms with Crippen LogP contribution >= 0.6 is 0 Å². The zero-order valence-corrected chi connectivity index (χ0v) is 10.2. The molecule has 0 aliphatic carbocycles. The first-order chi connectivity index (χ1) is 9.20. The number of nitrogens with two attached hydrogens (primary N) is 1. The van der Waals surface area contributed by atoms with Gasteiger partial charge in [0.15, 0.2) is 5.78 Å². The van der Waals surface area contributed by atoms with Gasteiger partial charge < -0.3 is 5.73 Å². The van der Waals surface area contributed by atoms with Crippen molar-refractivity contribution >= 4 is 17.5 Å². The third-order valence-corrected chi connectivity index (χ3v) is 2.67. The van der Waals surface area contributed by atoms with Crippen LogP contribution in [0.2, 0.25) is 0 Å². The fourth-order valence-corrected chi connectivity index (χ4v) is 1.69. The number of hydrogen-bond acceptors (Lipinski definition) is 3. The molecule has 2 N–H and O–H groups in total. The number of para-hydroxylation sites is 1. The number of nitrogen functional groups attached to an aromatic ring is 1. The second-order valence-electron chi connectivity index (χ2n) is 4.02. The first-order valence-electron chi connectivity index (χ1n) is 5.78. The van der Waals surface area contributed by atoms with Crippen LogP contribution in [-0.4, -0.2) is 5.78 Å². The van der Waals surface area contributed by atoms with E-state index in [9.17, 15) is 4.79 Å². The van der Waals surface area contributed by atoms with Gasteiger partial charge in [-0.3, -0.25) is 4.79 Å². The Kier molecular flexibility index (Phi) is 3.75. The molecule has 2 rings (SSSR count). The normalized spacial score (nSPS) is 10.3.